The quantitative estimate of drug-likeness (QED) is 0.144. The standard InChI is InChI=1S/C43H70O12/c1-22-30(46)25(20-44)52-35(31(22)47)55-34-32(48)26(21-45)53-36(33(34)49)54-29-12-13-40(6)27(39(29,4)5)11-14-42(8)28(40)10-9-23-24-19-38(2,3)15-17-43(24,37(50)51)18-16-41(23,42)7/h9,22,24-36,44-49H,10-21H2,1-8H3,(H,50,51)/t22-,24-,25+,26+,27?,28?,29-,30-,31+,32+,33+,34-,35-,36?,40-,41+,42+,43-/m0/s1. The van der Waals surface area contributed by atoms with Gasteiger partial charge in [0.15, 0.2) is 12.6 Å². The lowest BCUT2D eigenvalue weighted by molar-refractivity contribution is -0.366. The maximum absolute atomic E-state index is 13.1. The van der Waals surface area contributed by atoms with E-state index in [1.165, 1.54) is 5.57 Å². The van der Waals surface area contributed by atoms with Gasteiger partial charge in [-0.1, -0.05) is 67.0 Å². The Hall–Kier alpha value is -1.19. The summed E-state index contributed by atoms with van der Waals surface area (Å²) in [5.74, 6) is -0.591. The molecule has 12 heteroatoms. The van der Waals surface area contributed by atoms with Crippen molar-refractivity contribution in [1.29, 1.82) is 0 Å². The minimum Gasteiger partial charge on any atom is -0.481 e. The smallest absolute Gasteiger partial charge is 0.310 e. The van der Waals surface area contributed by atoms with Crippen molar-refractivity contribution in [3.63, 3.8) is 0 Å². The maximum atomic E-state index is 13.1. The number of aliphatic carboxylic acids is 1. The van der Waals surface area contributed by atoms with Crippen molar-refractivity contribution in [1.82, 2.24) is 0 Å². The molecule has 2 saturated heterocycles. The van der Waals surface area contributed by atoms with Gasteiger partial charge in [0.25, 0.3) is 0 Å². The molecular weight excluding hydrogens is 708 g/mol. The van der Waals surface area contributed by atoms with E-state index >= 15 is 0 Å². The highest BCUT2D eigenvalue weighted by Crippen LogP contribution is 2.76. The first-order chi connectivity index (χ1) is 25.6. The summed E-state index contributed by atoms with van der Waals surface area (Å²) in [5.41, 5.74) is 0.408. The number of rotatable bonds is 7. The Balaban J connectivity index is 1.12. The summed E-state index contributed by atoms with van der Waals surface area (Å²) in [4.78, 5) is 13.1. The van der Waals surface area contributed by atoms with Crippen LogP contribution in [-0.4, -0.2) is 116 Å². The van der Waals surface area contributed by atoms with E-state index in [4.69, 9.17) is 18.9 Å². The summed E-state index contributed by atoms with van der Waals surface area (Å²) in [6.07, 6.45) is -0.609. The molecular formula is C43H70O12. The number of ether oxygens (including phenoxy) is 4. The fourth-order valence-corrected chi connectivity index (χ4v) is 13.9. The summed E-state index contributed by atoms with van der Waals surface area (Å²) >= 11 is 0. The molecule has 7 aliphatic rings. The Morgan fingerprint density at radius 3 is 2.02 bits per heavy atom. The number of hydrogen-bond acceptors (Lipinski definition) is 11. The van der Waals surface area contributed by atoms with E-state index in [-0.39, 0.29) is 45.0 Å². The first kappa shape index (κ1) is 42.0. The molecule has 4 saturated carbocycles. The monoisotopic (exact) mass is 778 g/mol. The summed E-state index contributed by atoms with van der Waals surface area (Å²) in [6, 6.07) is 0. The van der Waals surface area contributed by atoms with Crippen molar-refractivity contribution in [2.75, 3.05) is 13.2 Å². The van der Waals surface area contributed by atoms with E-state index in [2.05, 4.69) is 54.5 Å². The molecule has 0 amide bonds. The molecule has 18 atom stereocenters. The van der Waals surface area contributed by atoms with Crippen LogP contribution in [0.1, 0.15) is 120 Å². The van der Waals surface area contributed by atoms with Crippen LogP contribution in [0.5, 0.6) is 0 Å². The van der Waals surface area contributed by atoms with Crippen molar-refractivity contribution in [3.8, 4) is 0 Å². The highest BCUT2D eigenvalue weighted by molar-refractivity contribution is 5.76. The van der Waals surface area contributed by atoms with E-state index in [0.717, 1.165) is 57.8 Å². The summed E-state index contributed by atoms with van der Waals surface area (Å²) in [7, 11) is 0. The normalized spacial score (nSPS) is 53.2. The van der Waals surface area contributed by atoms with Crippen molar-refractivity contribution >= 4 is 5.97 Å². The summed E-state index contributed by atoms with van der Waals surface area (Å²) < 4.78 is 24.4. The number of carboxylic acids is 1. The minimum absolute atomic E-state index is 0.00438. The molecule has 7 rings (SSSR count). The zero-order valence-electron chi connectivity index (χ0n) is 34.3. The number of allylic oxidation sites excluding steroid dienone is 2. The third-order valence-corrected chi connectivity index (χ3v) is 17.6. The lowest BCUT2D eigenvalue weighted by Crippen LogP contribution is -2.66. The zero-order valence-corrected chi connectivity index (χ0v) is 34.3. The van der Waals surface area contributed by atoms with Gasteiger partial charge in [-0.05, 0) is 109 Å². The number of carbonyl (C=O) groups is 1. The summed E-state index contributed by atoms with van der Waals surface area (Å²) in [6.45, 7) is 17.1. The van der Waals surface area contributed by atoms with Gasteiger partial charge in [-0.15, -0.1) is 0 Å². The van der Waals surface area contributed by atoms with E-state index < -0.39 is 85.8 Å². The predicted molar refractivity (Wildman–Crippen MR) is 201 cm³/mol. The molecule has 5 aliphatic carbocycles. The van der Waals surface area contributed by atoms with Crippen LogP contribution in [0.15, 0.2) is 11.6 Å². The van der Waals surface area contributed by atoms with E-state index in [1.807, 2.05) is 0 Å². The van der Waals surface area contributed by atoms with Crippen LogP contribution in [0.4, 0.5) is 0 Å². The van der Waals surface area contributed by atoms with Crippen LogP contribution < -0.4 is 0 Å². The Labute approximate surface area is 327 Å². The maximum Gasteiger partial charge on any atom is 0.310 e. The molecule has 2 aliphatic heterocycles. The van der Waals surface area contributed by atoms with Gasteiger partial charge in [0, 0.05) is 5.92 Å². The van der Waals surface area contributed by atoms with Gasteiger partial charge >= 0.3 is 5.97 Å². The first-order valence-corrected chi connectivity index (χ1v) is 21.1. The van der Waals surface area contributed by atoms with Crippen molar-refractivity contribution < 1.29 is 59.5 Å². The molecule has 55 heavy (non-hydrogen) atoms. The number of hydrogen-bond donors (Lipinski definition) is 7. The van der Waals surface area contributed by atoms with Gasteiger partial charge < -0.3 is 54.7 Å². The fraction of sp³-hybridized carbons (Fsp3) is 0.930. The second kappa shape index (κ2) is 14.2. The minimum atomic E-state index is -1.50. The van der Waals surface area contributed by atoms with Crippen LogP contribution in [0.25, 0.3) is 0 Å². The predicted octanol–water partition coefficient (Wildman–Crippen LogP) is 4.16. The van der Waals surface area contributed by atoms with Gasteiger partial charge in [-0.3, -0.25) is 4.79 Å². The van der Waals surface area contributed by atoms with Crippen LogP contribution in [0, 0.1) is 56.2 Å². The molecule has 0 aromatic heterocycles. The van der Waals surface area contributed by atoms with Gasteiger partial charge in [-0.2, -0.15) is 0 Å². The Morgan fingerprint density at radius 1 is 0.764 bits per heavy atom. The van der Waals surface area contributed by atoms with Crippen LogP contribution in [0.3, 0.4) is 0 Å². The lowest BCUT2D eigenvalue weighted by Gasteiger charge is -2.71. The lowest BCUT2D eigenvalue weighted by atomic mass is 9.33. The Bertz CT molecular complexity index is 1480. The average Bonchev–Trinajstić information content (AvgIpc) is 3.12. The second-order valence-electron chi connectivity index (χ2n) is 21.0. The molecule has 0 spiro atoms. The van der Waals surface area contributed by atoms with Crippen molar-refractivity contribution in [2.24, 2.45) is 56.2 Å². The van der Waals surface area contributed by atoms with Gasteiger partial charge in [0.2, 0.25) is 0 Å². The first-order valence-electron chi connectivity index (χ1n) is 21.1. The second-order valence-corrected chi connectivity index (χ2v) is 21.0. The molecule has 2 heterocycles. The molecule has 0 aromatic rings. The number of fused-ring (bicyclic) bond motifs is 7. The van der Waals surface area contributed by atoms with Gasteiger partial charge in [0.1, 0.15) is 36.6 Å². The molecule has 0 radical (unpaired) electrons. The number of carboxylic acid groups (broad SMARTS) is 1. The average molecular weight is 779 g/mol. The topological polar surface area (TPSA) is 196 Å². The van der Waals surface area contributed by atoms with E-state index in [1.54, 1.807) is 6.92 Å². The third kappa shape index (κ3) is 6.24. The zero-order chi connectivity index (χ0) is 40.3. The fourth-order valence-electron chi connectivity index (χ4n) is 13.9. The van der Waals surface area contributed by atoms with Crippen LogP contribution in [0.2, 0.25) is 0 Å². The largest absolute Gasteiger partial charge is 0.481 e. The highest BCUT2D eigenvalue weighted by atomic mass is 16.7. The number of aliphatic hydroxyl groups is 6. The number of aliphatic hydroxyl groups excluding tert-OH is 6. The van der Waals surface area contributed by atoms with Crippen molar-refractivity contribution in [2.45, 2.75) is 181 Å². The molecule has 0 bridgehead atoms. The third-order valence-electron chi connectivity index (χ3n) is 17.6. The van der Waals surface area contributed by atoms with Gasteiger partial charge in [0.05, 0.1) is 30.8 Å². The molecule has 314 valence electrons. The molecule has 0 aromatic carbocycles. The summed E-state index contributed by atoms with van der Waals surface area (Å²) in [5, 5.41) is 74.8. The Morgan fingerprint density at radius 2 is 1.38 bits per heavy atom. The van der Waals surface area contributed by atoms with E-state index in [0.29, 0.717) is 12.3 Å². The molecule has 6 fully saturated rings. The molecule has 7 N–H and O–H groups in total. The SMILES string of the molecule is C[C@@H]1[C@@H](O)[C@H](O[C@H]2[C@H](O)[C@@H](CO)OC(O[C@H]3CC[C@@]4(C)C(CC[C@]5(C)C4CC=C4[C@@H]6CC(C)(C)CC[C@]6(C(=O)O)CC[C@]45C)C3(C)C)[C@@H]2O)O[C@H](CO)[C@H]1O. The van der Waals surface area contributed by atoms with E-state index in [9.17, 15) is 40.5 Å². The molecule has 12 nitrogen and oxygen atoms in total. The van der Waals surface area contributed by atoms with Crippen LogP contribution in [-0.2, 0) is 23.7 Å². The highest BCUT2D eigenvalue weighted by Gasteiger charge is 2.69. The van der Waals surface area contributed by atoms with Gasteiger partial charge in [-0.25, -0.2) is 0 Å². The van der Waals surface area contributed by atoms with Crippen LogP contribution >= 0.6 is 0 Å². The molecule has 3 unspecified atom stereocenters. The Kier molecular flexibility index (Phi) is 10.9. The van der Waals surface area contributed by atoms with Crippen molar-refractivity contribution in [3.05, 3.63) is 11.6 Å².